The van der Waals surface area contributed by atoms with Crippen LogP contribution in [0.25, 0.3) is 10.8 Å². The number of fused-ring (bicyclic) bond motifs is 1. The second-order valence-electron chi connectivity index (χ2n) is 5.93. The summed E-state index contributed by atoms with van der Waals surface area (Å²) in [7, 11) is 0. The molecule has 3 rings (SSSR count). The van der Waals surface area contributed by atoms with E-state index in [9.17, 15) is 4.39 Å². The number of benzene rings is 3. The highest BCUT2D eigenvalue weighted by molar-refractivity contribution is 5.85. The lowest BCUT2D eigenvalue weighted by Gasteiger charge is -2.03. The number of rotatable bonds is 3. The van der Waals surface area contributed by atoms with E-state index in [0.717, 1.165) is 29.4 Å². The number of hydrogen-bond donors (Lipinski definition) is 0. The van der Waals surface area contributed by atoms with Crippen molar-refractivity contribution in [3.05, 3.63) is 95.3 Å². The molecule has 0 aliphatic carbocycles. The topological polar surface area (TPSA) is 0 Å². The van der Waals surface area contributed by atoms with Crippen LogP contribution in [-0.2, 0) is 6.42 Å². The van der Waals surface area contributed by atoms with Crippen LogP contribution in [0.3, 0.4) is 0 Å². The monoisotopic (exact) mass is 314 g/mol. The molecule has 3 aromatic rings. The third kappa shape index (κ3) is 3.55. The zero-order chi connectivity index (χ0) is 16.9. The van der Waals surface area contributed by atoms with E-state index in [-0.39, 0.29) is 5.82 Å². The third-order valence-corrected chi connectivity index (χ3v) is 4.04. The van der Waals surface area contributed by atoms with Crippen LogP contribution in [0.1, 0.15) is 28.7 Å². The van der Waals surface area contributed by atoms with Crippen molar-refractivity contribution in [1.82, 2.24) is 0 Å². The molecule has 0 unspecified atom stereocenters. The average Bonchev–Trinajstić information content (AvgIpc) is 2.60. The van der Waals surface area contributed by atoms with Crippen LogP contribution in [0, 0.1) is 24.6 Å². The molecule has 0 nitrogen and oxygen atoms in total. The number of hydrogen-bond acceptors (Lipinski definition) is 0. The van der Waals surface area contributed by atoms with Crippen molar-refractivity contribution < 1.29 is 4.39 Å². The molecule has 0 aliphatic rings. The highest BCUT2D eigenvalue weighted by Gasteiger charge is 2.05. The maximum absolute atomic E-state index is 14.6. The first-order chi connectivity index (χ1) is 11.7. The van der Waals surface area contributed by atoms with Gasteiger partial charge in [0.15, 0.2) is 0 Å². The van der Waals surface area contributed by atoms with Gasteiger partial charge in [-0.1, -0.05) is 59.9 Å². The van der Waals surface area contributed by atoms with Gasteiger partial charge in [-0.3, -0.25) is 0 Å². The first kappa shape index (κ1) is 16.0. The molecule has 0 heterocycles. The first-order valence-electron chi connectivity index (χ1n) is 8.08. The Morgan fingerprint density at radius 3 is 2.54 bits per heavy atom. The standard InChI is InChI=1S/C23H19F/c1-3-4-5-18-7-9-19(10-8-18)11-12-20-13-14-21-16-17(2)6-15-22(21)23(20)24/h3,6-10,13-16H,1,4-5H2,2H3. The zero-order valence-electron chi connectivity index (χ0n) is 13.8. The van der Waals surface area contributed by atoms with Gasteiger partial charge in [-0.05, 0) is 48.9 Å². The summed E-state index contributed by atoms with van der Waals surface area (Å²) in [6, 6.07) is 17.5. The van der Waals surface area contributed by atoms with Crippen molar-refractivity contribution in [3.8, 4) is 11.8 Å². The van der Waals surface area contributed by atoms with Crippen molar-refractivity contribution in [2.75, 3.05) is 0 Å². The molecule has 1 heteroatoms. The summed E-state index contributed by atoms with van der Waals surface area (Å²) in [5.41, 5.74) is 3.70. The smallest absolute Gasteiger partial charge is 0.146 e. The van der Waals surface area contributed by atoms with Gasteiger partial charge in [0.05, 0.1) is 5.56 Å². The molecule has 0 spiro atoms. The largest absolute Gasteiger partial charge is 0.205 e. The van der Waals surface area contributed by atoms with E-state index in [4.69, 9.17) is 0 Å². The Labute approximate surface area is 142 Å². The zero-order valence-corrected chi connectivity index (χ0v) is 13.8. The summed E-state index contributed by atoms with van der Waals surface area (Å²) in [6.45, 7) is 5.74. The molecule has 0 saturated heterocycles. The first-order valence-corrected chi connectivity index (χ1v) is 8.08. The predicted molar refractivity (Wildman–Crippen MR) is 99.6 cm³/mol. The van der Waals surface area contributed by atoms with Crippen LogP contribution >= 0.6 is 0 Å². The van der Waals surface area contributed by atoms with Gasteiger partial charge in [-0.2, -0.15) is 0 Å². The van der Waals surface area contributed by atoms with Crippen molar-refractivity contribution in [3.63, 3.8) is 0 Å². The lowest BCUT2D eigenvalue weighted by atomic mass is 10.0. The Morgan fingerprint density at radius 2 is 1.79 bits per heavy atom. The van der Waals surface area contributed by atoms with Crippen molar-refractivity contribution in [2.24, 2.45) is 0 Å². The fraction of sp³-hybridized carbons (Fsp3) is 0.130. The summed E-state index contributed by atoms with van der Waals surface area (Å²) >= 11 is 0. The minimum absolute atomic E-state index is 0.248. The van der Waals surface area contributed by atoms with Crippen molar-refractivity contribution in [2.45, 2.75) is 19.8 Å². The molecule has 118 valence electrons. The molecular formula is C23H19F. The van der Waals surface area contributed by atoms with E-state index >= 15 is 0 Å². The van der Waals surface area contributed by atoms with Crippen LogP contribution in [0.4, 0.5) is 4.39 Å². The molecule has 0 bridgehead atoms. The molecule has 0 fully saturated rings. The molecule has 0 aliphatic heterocycles. The van der Waals surface area contributed by atoms with Crippen LogP contribution < -0.4 is 0 Å². The Hall–Kier alpha value is -2.85. The molecule has 0 atom stereocenters. The summed E-state index contributed by atoms with van der Waals surface area (Å²) in [6.07, 6.45) is 3.86. The van der Waals surface area contributed by atoms with Gasteiger partial charge in [0.2, 0.25) is 0 Å². The maximum atomic E-state index is 14.6. The second-order valence-corrected chi connectivity index (χ2v) is 5.93. The van der Waals surface area contributed by atoms with E-state index in [1.165, 1.54) is 5.56 Å². The van der Waals surface area contributed by atoms with E-state index in [2.05, 4.69) is 30.6 Å². The van der Waals surface area contributed by atoms with Gasteiger partial charge >= 0.3 is 0 Å². The third-order valence-electron chi connectivity index (χ3n) is 4.04. The van der Waals surface area contributed by atoms with E-state index in [1.807, 2.05) is 49.4 Å². The van der Waals surface area contributed by atoms with Crippen molar-refractivity contribution in [1.29, 1.82) is 0 Å². The summed E-state index contributed by atoms with van der Waals surface area (Å²) in [5, 5.41) is 1.52. The lowest BCUT2D eigenvalue weighted by molar-refractivity contribution is 0.636. The molecule has 0 saturated carbocycles. The van der Waals surface area contributed by atoms with Gasteiger partial charge < -0.3 is 0 Å². The Bertz CT molecular complexity index is 937. The highest BCUT2D eigenvalue weighted by atomic mass is 19.1. The van der Waals surface area contributed by atoms with Gasteiger partial charge in [-0.15, -0.1) is 6.58 Å². The molecular weight excluding hydrogens is 295 g/mol. The Balaban J connectivity index is 1.87. The van der Waals surface area contributed by atoms with Crippen LogP contribution in [0.15, 0.2) is 67.3 Å². The maximum Gasteiger partial charge on any atom is 0.146 e. The van der Waals surface area contributed by atoms with Crippen LogP contribution in [0.5, 0.6) is 0 Å². The minimum atomic E-state index is -0.248. The van der Waals surface area contributed by atoms with Gasteiger partial charge in [0, 0.05) is 10.9 Å². The molecule has 0 aromatic heterocycles. The molecule has 3 aromatic carbocycles. The molecule has 24 heavy (non-hydrogen) atoms. The molecule has 0 N–H and O–H groups in total. The quantitative estimate of drug-likeness (QED) is 0.423. The van der Waals surface area contributed by atoms with Gasteiger partial charge in [0.25, 0.3) is 0 Å². The fourth-order valence-electron chi connectivity index (χ4n) is 2.67. The normalized spacial score (nSPS) is 10.2. The number of aryl methyl sites for hydroxylation is 2. The highest BCUT2D eigenvalue weighted by Crippen LogP contribution is 2.22. The fourth-order valence-corrected chi connectivity index (χ4v) is 2.67. The van der Waals surface area contributed by atoms with Crippen LogP contribution in [0.2, 0.25) is 0 Å². The second kappa shape index (κ2) is 7.15. The predicted octanol–water partition coefficient (Wildman–Crippen LogP) is 5.81. The number of allylic oxidation sites excluding steroid dienone is 1. The van der Waals surface area contributed by atoms with Crippen molar-refractivity contribution >= 4 is 10.8 Å². The summed E-state index contributed by atoms with van der Waals surface area (Å²) < 4.78 is 14.6. The summed E-state index contributed by atoms with van der Waals surface area (Å²) in [5.74, 6) is 5.76. The number of halogens is 1. The molecule has 0 amide bonds. The van der Waals surface area contributed by atoms with E-state index < -0.39 is 0 Å². The SMILES string of the molecule is C=CCCc1ccc(C#Cc2ccc3cc(C)ccc3c2F)cc1. The van der Waals surface area contributed by atoms with Gasteiger partial charge in [0.1, 0.15) is 5.82 Å². The average molecular weight is 314 g/mol. The van der Waals surface area contributed by atoms with Gasteiger partial charge in [-0.25, -0.2) is 4.39 Å². The Morgan fingerprint density at radius 1 is 1.00 bits per heavy atom. The van der Waals surface area contributed by atoms with E-state index in [0.29, 0.717) is 10.9 Å². The van der Waals surface area contributed by atoms with E-state index in [1.54, 1.807) is 6.07 Å². The van der Waals surface area contributed by atoms with Crippen LogP contribution in [-0.4, -0.2) is 0 Å². The molecule has 0 radical (unpaired) electrons. The Kier molecular flexibility index (Phi) is 4.77. The lowest BCUT2D eigenvalue weighted by Crippen LogP contribution is -1.87. The minimum Gasteiger partial charge on any atom is -0.205 e. The summed E-state index contributed by atoms with van der Waals surface area (Å²) in [4.78, 5) is 0.